The molecule has 0 bridgehead atoms. The zero-order valence-electron chi connectivity index (χ0n) is 14.0. The van der Waals surface area contributed by atoms with Crippen LogP contribution < -0.4 is 5.63 Å². The zero-order chi connectivity index (χ0) is 17.8. The Morgan fingerprint density at radius 2 is 1.96 bits per heavy atom. The number of hydrogen-bond donors (Lipinski definition) is 0. The lowest BCUT2D eigenvalue weighted by Gasteiger charge is -2.04. The molecule has 1 heterocycles. The van der Waals surface area contributed by atoms with E-state index in [1.165, 1.54) is 0 Å². The van der Waals surface area contributed by atoms with Gasteiger partial charge in [-0.25, -0.2) is 4.79 Å². The molecule has 3 heteroatoms. The fourth-order valence-electron chi connectivity index (χ4n) is 2.77. The Bertz CT molecular complexity index is 1080. The molecule has 124 valence electrons. The second kappa shape index (κ2) is 7.14. The highest BCUT2D eigenvalue weighted by molar-refractivity contribution is 6.08. The Kier molecular flexibility index (Phi) is 4.75. The highest BCUT2D eigenvalue weighted by Gasteiger charge is 2.13. The minimum absolute atomic E-state index is 0.0823. The third-order valence-electron chi connectivity index (χ3n) is 4.01. The van der Waals surface area contributed by atoms with E-state index in [1.54, 1.807) is 24.3 Å². The molecule has 3 aromatic rings. The normalized spacial score (nSPS) is 12.1. The summed E-state index contributed by atoms with van der Waals surface area (Å²) in [4.78, 5) is 24.6. The monoisotopic (exact) mass is 330 g/mol. The van der Waals surface area contributed by atoms with Gasteiger partial charge in [0.2, 0.25) is 0 Å². The quantitative estimate of drug-likeness (QED) is 0.279. The van der Waals surface area contributed by atoms with Crippen LogP contribution in [0, 0.1) is 0 Å². The zero-order valence-corrected chi connectivity index (χ0v) is 14.0. The molecule has 0 saturated carbocycles. The summed E-state index contributed by atoms with van der Waals surface area (Å²) in [5.74, 6) is -0.258. The molecule has 0 N–H and O–H groups in total. The smallest absolute Gasteiger partial charge is 0.347 e. The third kappa shape index (κ3) is 3.50. The summed E-state index contributed by atoms with van der Waals surface area (Å²) in [5, 5.41) is 2.76. The van der Waals surface area contributed by atoms with Crippen molar-refractivity contribution < 1.29 is 9.21 Å². The molecule has 0 atom stereocenters. The molecule has 0 aliphatic rings. The van der Waals surface area contributed by atoms with Crippen LogP contribution in [-0.4, -0.2) is 5.78 Å². The van der Waals surface area contributed by atoms with Gasteiger partial charge in [-0.1, -0.05) is 66.8 Å². The number of rotatable bonds is 5. The Labute approximate surface area is 145 Å². The first-order chi connectivity index (χ1) is 12.1. The molecule has 0 spiro atoms. The maximum absolute atomic E-state index is 12.4. The van der Waals surface area contributed by atoms with Crippen LogP contribution in [0.3, 0.4) is 0 Å². The van der Waals surface area contributed by atoms with Crippen molar-refractivity contribution in [2.45, 2.75) is 13.3 Å². The van der Waals surface area contributed by atoms with E-state index in [0.717, 1.165) is 21.7 Å². The molecule has 3 rings (SSSR count). The van der Waals surface area contributed by atoms with Crippen molar-refractivity contribution in [1.29, 1.82) is 0 Å². The second-order valence-electron chi connectivity index (χ2n) is 5.82. The number of hydrogen-bond acceptors (Lipinski definition) is 3. The van der Waals surface area contributed by atoms with Gasteiger partial charge < -0.3 is 4.42 Å². The Balaban J connectivity index is 2.01. The van der Waals surface area contributed by atoms with Crippen LogP contribution in [0.2, 0.25) is 0 Å². The number of carbonyl (C=O) groups excluding carboxylic acids is 1. The minimum Gasteiger partial charge on any atom is -0.422 e. The SMILES string of the molecule is C=C/C=C(C)\C=C/CC(=O)c1cc2c(ccc3ccccc32)oc1=O. The van der Waals surface area contributed by atoms with Gasteiger partial charge >= 0.3 is 5.63 Å². The molecule has 0 radical (unpaired) electrons. The standard InChI is InChI=1S/C22H18O3/c1-3-7-15(2)8-6-11-20(23)19-14-18-17-10-5-4-9-16(17)12-13-21(18)25-22(19)24/h3-10,12-14H,1,11H2,2H3/b8-6-,15-7-. The van der Waals surface area contributed by atoms with E-state index in [-0.39, 0.29) is 17.8 Å². The minimum atomic E-state index is -0.598. The van der Waals surface area contributed by atoms with Gasteiger partial charge in [0.05, 0.1) is 0 Å². The van der Waals surface area contributed by atoms with Gasteiger partial charge in [0.1, 0.15) is 11.1 Å². The molecule has 0 aliphatic heterocycles. The van der Waals surface area contributed by atoms with E-state index < -0.39 is 5.63 Å². The van der Waals surface area contributed by atoms with Gasteiger partial charge in [-0.2, -0.15) is 0 Å². The summed E-state index contributed by atoms with van der Waals surface area (Å²) in [5.41, 5.74) is 0.957. The van der Waals surface area contributed by atoms with E-state index in [4.69, 9.17) is 4.42 Å². The van der Waals surface area contributed by atoms with Gasteiger partial charge in [0, 0.05) is 11.8 Å². The van der Waals surface area contributed by atoms with E-state index >= 15 is 0 Å². The Hall–Kier alpha value is -3.20. The van der Waals surface area contributed by atoms with Gasteiger partial charge in [0.25, 0.3) is 0 Å². The third-order valence-corrected chi connectivity index (χ3v) is 4.01. The maximum atomic E-state index is 12.4. The fraction of sp³-hybridized carbons (Fsp3) is 0.0909. The molecule has 0 amide bonds. The van der Waals surface area contributed by atoms with Crippen LogP contribution in [0.1, 0.15) is 23.7 Å². The lowest BCUT2D eigenvalue weighted by molar-refractivity contribution is 0.0992. The van der Waals surface area contributed by atoms with Gasteiger partial charge in [0.15, 0.2) is 5.78 Å². The van der Waals surface area contributed by atoms with Crippen molar-refractivity contribution in [3.05, 3.63) is 94.9 Å². The molecule has 0 unspecified atom stereocenters. The van der Waals surface area contributed by atoms with Crippen molar-refractivity contribution in [3.63, 3.8) is 0 Å². The summed E-state index contributed by atoms with van der Waals surface area (Å²) in [6.45, 7) is 5.54. The van der Waals surface area contributed by atoms with Crippen molar-refractivity contribution in [1.82, 2.24) is 0 Å². The molecule has 2 aromatic carbocycles. The molecule has 0 saturated heterocycles. The van der Waals surface area contributed by atoms with Crippen LogP contribution in [0.25, 0.3) is 21.7 Å². The van der Waals surface area contributed by atoms with Crippen LogP contribution >= 0.6 is 0 Å². The van der Waals surface area contributed by atoms with E-state index in [1.807, 2.05) is 49.4 Å². The lowest BCUT2D eigenvalue weighted by atomic mass is 10.0. The van der Waals surface area contributed by atoms with Crippen LogP contribution in [0.5, 0.6) is 0 Å². The average Bonchev–Trinajstić information content (AvgIpc) is 2.61. The van der Waals surface area contributed by atoms with E-state index in [0.29, 0.717) is 5.58 Å². The summed E-state index contributed by atoms with van der Waals surface area (Å²) >= 11 is 0. The number of carbonyl (C=O) groups is 1. The number of Topliss-reactive ketones (excluding diaryl/α,β-unsaturated/α-hetero) is 1. The highest BCUT2D eigenvalue weighted by Crippen LogP contribution is 2.25. The summed E-state index contributed by atoms with van der Waals surface area (Å²) < 4.78 is 5.36. The summed E-state index contributed by atoms with van der Waals surface area (Å²) in [7, 11) is 0. The maximum Gasteiger partial charge on any atom is 0.347 e. The van der Waals surface area contributed by atoms with Gasteiger partial charge in [-0.3, -0.25) is 4.79 Å². The molecular weight excluding hydrogens is 312 g/mol. The van der Waals surface area contributed by atoms with Crippen molar-refractivity contribution >= 4 is 27.5 Å². The summed E-state index contributed by atoms with van der Waals surface area (Å²) in [6, 6.07) is 13.1. The molecule has 0 fully saturated rings. The van der Waals surface area contributed by atoms with Gasteiger partial charge in [-0.05, 0) is 29.8 Å². The summed E-state index contributed by atoms with van der Waals surface area (Å²) in [6.07, 6.45) is 7.24. The molecular formula is C22H18O3. The van der Waals surface area contributed by atoms with Crippen LogP contribution in [0.4, 0.5) is 0 Å². The molecule has 0 aliphatic carbocycles. The molecule has 3 nitrogen and oxygen atoms in total. The van der Waals surface area contributed by atoms with Crippen LogP contribution in [-0.2, 0) is 0 Å². The topological polar surface area (TPSA) is 47.3 Å². The first-order valence-electron chi connectivity index (χ1n) is 8.05. The highest BCUT2D eigenvalue weighted by atomic mass is 16.4. The largest absolute Gasteiger partial charge is 0.422 e. The average molecular weight is 330 g/mol. The van der Waals surface area contributed by atoms with Gasteiger partial charge in [-0.15, -0.1) is 0 Å². The van der Waals surface area contributed by atoms with Crippen molar-refractivity contribution in [2.75, 3.05) is 0 Å². The first-order valence-corrected chi connectivity index (χ1v) is 8.05. The Morgan fingerprint density at radius 3 is 2.76 bits per heavy atom. The van der Waals surface area contributed by atoms with Crippen molar-refractivity contribution in [3.8, 4) is 0 Å². The van der Waals surface area contributed by atoms with E-state index in [9.17, 15) is 9.59 Å². The Morgan fingerprint density at radius 1 is 1.16 bits per heavy atom. The first kappa shape index (κ1) is 16.7. The van der Waals surface area contributed by atoms with Crippen molar-refractivity contribution in [2.24, 2.45) is 0 Å². The number of benzene rings is 2. The predicted molar refractivity (Wildman–Crippen MR) is 102 cm³/mol. The number of fused-ring (bicyclic) bond motifs is 3. The fourth-order valence-corrected chi connectivity index (χ4v) is 2.77. The second-order valence-corrected chi connectivity index (χ2v) is 5.82. The van der Waals surface area contributed by atoms with Crippen LogP contribution in [0.15, 0.2) is 88.1 Å². The lowest BCUT2D eigenvalue weighted by Crippen LogP contribution is -2.13. The number of ketones is 1. The van der Waals surface area contributed by atoms with E-state index in [2.05, 4.69) is 6.58 Å². The molecule has 25 heavy (non-hydrogen) atoms. The molecule has 1 aromatic heterocycles. The number of allylic oxidation sites excluding steroid dienone is 5. The predicted octanol–water partition coefficient (Wildman–Crippen LogP) is 5.21.